The summed E-state index contributed by atoms with van der Waals surface area (Å²) in [6.45, 7) is 2.71. The molecule has 3 heteroatoms. The summed E-state index contributed by atoms with van der Waals surface area (Å²) in [5.74, 6) is 0.590. The molecule has 0 aromatic heterocycles. The Bertz CT molecular complexity index is 325. The van der Waals surface area contributed by atoms with Crippen molar-refractivity contribution in [2.75, 3.05) is 14.1 Å². The first-order valence-electron chi connectivity index (χ1n) is 4.62. The van der Waals surface area contributed by atoms with Crippen molar-refractivity contribution in [2.45, 2.75) is 13.5 Å². The normalized spacial score (nSPS) is 12.1. The monoisotopic (exact) mass is 191 g/mol. The molecule has 2 N–H and O–H groups in total. The maximum atomic E-state index is 5.52. The lowest BCUT2D eigenvalue weighted by Crippen LogP contribution is -2.10. The summed E-state index contributed by atoms with van der Waals surface area (Å²) in [6, 6.07) is 8.09. The van der Waals surface area contributed by atoms with Gasteiger partial charge in [-0.05, 0) is 38.7 Å². The zero-order valence-corrected chi connectivity index (χ0v) is 8.99. The molecule has 0 heterocycles. The second-order valence-corrected chi connectivity index (χ2v) is 3.66. The van der Waals surface area contributed by atoms with Gasteiger partial charge in [-0.3, -0.25) is 0 Å². The van der Waals surface area contributed by atoms with Crippen LogP contribution in [0, 0.1) is 0 Å². The standard InChI is InChI=1S/C11H17N3/c1-9(12)13-11-6-4-5-10(7-11)8-14(2)3/h4-7H,8H2,1-3H3,(H2,12,13). The van der Waals surface area contributed by atoms with E-state index in [-0.39, 0.29) is 0 Å². The molecule has 0 aliphatic carbocycles. The van der Waals surface area contributed by atoms with Crippen molar-refractivity contribution in [2.24, 2.45) is 10.7 Å². The highest BCUT2D eigenvalue weighted by molar-refractivity contribution is 5.80. The van der Waals surface area contributed by atoms with Crippen LogP contribution >= 0.6 is 0 Å². The van der Waals surface area contributed by atoms with Crippen LogP contribution in [0.3, 0.4) is 0 Å². The van der Waals surface area contributed by atoms with E-state index in [2.05, 4.69) is 22.0 Å². The average Bonchev–Trinajstić information content (AvgIpc) is 2.01. The van der Waals surface area contributed by atoms with Gasteiger partial charge in [0.25, 0.3) is 0 Å². The van der Waals surface area contributed by atoms with Crippen LogP contribution in [0.15, 0.2) is 29.3 Å². The van der Waals surface area contributed by atoms with Crippen molar-refractivity contribution in [1.82, 2.24) is 4.90 Å². The molecule has 0 saturated carbocycles. The number of benzene rings is 1. The predicted molar refractivity (Wildman–Crippen MR) is 60.8 cm³/mol. The molecule has 3 nitrogen and oxygen atoms in total. The molecule has 0 aliphatic heterocycles. The van der Waals surface area contributed by atoms with E-state index >= 15 is 0 Å². The molecule has 0 amide bonds. The number of amidine groups is 1. The van der Waals surface area contributed by atoms with Crippen LogP contribution in [-0.2, 0) is 6.54 Å². The van der Waals surface area contributed by atoms with Gasteiger partial charge in [0.1, 0.15) is 0 Å². The molecule has 0 atom stereocenters. The van der Waals surface area contributed by atoms with Crippen LogP contribution in [0.4, 0.5) is 5.69 Å². The third-order valence-corrected chi connectivity index (χ3v) is 1.71. The summed E-state index contributed by atoms with van der Waals surface area (Å²) in [6.07, 6.45) is 0. The molecule has 0 unspecified atom stereocenters. The number of aliphatic imine (C=N–C) groups is 1. The van der Waals surface area contributed by atoms with Crippen molar-refractivity contribution in [1.29, 1.82) is 0 Å². The minimum Gasteiger partial charge on any atom is -0.387 e. The third-order valence-electron chi connectivity index (χ3n) is 1.71. The molecule has 76 valence electrons. The Balaban J connectivity index is 2.84. The molecular formula is C11H17N3. The second-order valence-electron chi connectivity index (χ2n) is 3.66. The quantitative estimate of drug-likeness (QED) is 0.584. The van der Waals surface area contributed by atoms with Gasteiger partial charge in [-0.25, -0.2) is 4.99 Å². The average molecular weight is 191 g/mol. The molecule has 0 bridgehead atoms. The lowest BCUT2D eigenvalue weighted by molar-refractivity contribution is 0.402. The molecule has 0 spiro atoms. The van der Waals surface area contributed by atoms with Crippen LogP contribution in [0.2, 0.25) is 0 Å². The van der Waals surface area contributed by atoms with E-state index in [1.807, 2.05) is 26.2 Å². The highest BCUT2D eigenvalue weighted by Gasteiger charge is 1.96. The van der Waals surface area contributed by atoms with Crippen LogP contribution in [-0.4, -0.2) is 24.8 Å². The fourth-order valence-electron chi connectivity index (χ4n) is 1.29. The highest BCUT2D eigenvalue weighted by Crippen LogP contribution is 2.14. The zero-order valence-electron chi connectivity index (χ0n) is 8.99. The first-order valence-corrected chi connectivity index (χ1v) is 4.62. The van der Waals surface area contributed by atoms with E-state index in [4.69, 9.17) is 5.73 Å². The van der Waals surface area contributed by atoms with Crippen molar-refractivity contribution >= 4 is 11.5 Å². The second kappa shape index (κ2) is 4.77. The Labute approximate surface area is 85.3 Å². The summed E-state index contributed by atoms with van der Waals surface area (Å²) >= 11 is 0. The van der Waals surface area contributed by atoms with Gasteiger partial charge in [0.15, 0.2) is 0 Å². The Morgan fingerprint density at radius 3 is 2.71 bits per heavy atom. The molecular weight excluding hydrogens is 174 g/mol. The Kier molecular flexibility index (Phi) is 3.65. The molecule has 0 fully saturated rings. The zero-order chi connectivity index (χ0) is 10.6. The first kappa shape index (κ1) is 10.7. The van der Waals surface area contributed by atoms with Gasteiger partial charge in [0, 0.05) is 6.54 Å². The lowest BCUT2D eigenvalue weighted by atomic mass is 10.2. The third kappa shape index (κ3) is 3.58. The highest BCUT2D eigenvalue weighted by atomic mass is 15.0. The van der Waals surface area contributed by atoms with Gasteiger partial charge in [-0.15, -0.1) is 0 Å². The van der Waals surface area contributed by atoms with E-state index in [1.54, 1.807) is 6.92 Å². The van der Waals surface area contributed by atoms with E-state index < -0.39 is 0 Å². The summed E-state index contributed by atoms with van der Waals surface area (Å²) in [5.41, 5.74) is 7.68. The summed E-state index contributed by atoms with van der Waals surface area (Å²) in [7, 11) is 4.09. The van der Waals surface area contributed by atoms with Crippen LogP contribution in [0.5, 0.6) is 0 Å². The van der Waals surface area contributed by atoms with Gasteiger partial charge in [0.2, 0.25) is 0 Å². The van der Waals surface area contributed by atoms with Gasteiger partial charge in [-0.1, -0.05) is 12.1 Å². The van der Waals surface area contributed by atoms with E-state index in [1.165, 1.54) is 5.56 Å². The number of nitrogens with two attached hydrogens (primary N) is 1. The molecule has 0 saturated heterocycles. The Morgan fingerprint density at radius 2 is 2.14 bits per heavy atom. The number of nitrogens with zero attached hydrogens (tertiary/aromatic N) is 2. The SMILES string of the molecule is CC(N)=Nc1cccc(CN(C)C)c1. The van der Waals surface area contributed by atoms with Crippen molar-refractivity contribution in [3.05, 3.63) is 29.8 Å². The fraction of sp³-hybridized carbons (Fsp3) is 0.364. The first-order chi connectivity index (χ1) is 6.58. The summed E-state index contributed by atoms with van der Waals surface area (Å²) < 4.78 is 0. The molecule has 14 heavy (non-hydrogen) atoms. The fourth-order valence-corrected chi connectivity index (χ4v) is 1.29. The van der Waals surface area contributed by atoms with Crippen LogP contribution in [0.1, 0.15) is 12.5 Å². The lowest BCUT2D eigenvalue weighted by Gasteiger charge is -2.09. The van der Waals surface area contributed by atoms with E-state index in [9.17, 15) is 0 Å². The smallest absolute Gasteiger partial charge is 0.0964 e. The largest absolute Gasteiger partial charge is 0.387 e. The summed E-state index contributed by atoms with van der Waals surface area (Å²) in [5, 5.41) is 0. The minimum absolute atomic E-state index is 0.590. The predicted octanol–water partition coefficient (Wildman–Crippen LogP) is 1.76. The molecule has 1 aromatic carbocycles. The van der Waals surface area contributed by atoms with Gasteiger partial charge in [0.05, 0.1) is 11.5 Å². The van der Waals surface area contributed by atoms with E-state index in [0.29, 0.717) is 5.84 Å². The summed E-state index contributed by atoms with van der Waals surface area (Å²) in [4.78, 5) is 6.33. The van der Waals surface area contributed by atoms with Crippen LogP contribution < -0.4 is 5.73 Å². The Morgan fingerprint density at radius 1 is 1.43 bits per heavy atom. The topological polar surface area (TPSA) is 41.6 Å². The van der Waals surface area contributed by atoms with Gasteiger partial charge >= 0.3 is 0 Å². The number of rotatable bonds is 3. The minimum atomic E-state index is 0.590. The maximum absolute atomic E-state index is 5.52. The maximum Gasteiger partial charge on any atom is 0.0964 e. The van der Waals surface area contributed by atoms with Crippen molar-refractivity contribution < 1.29 is 0 Å². The molecule has 0 radical (unpaired) electrons. The number of hydrogen-bond acceptors (Lipinski definition) is 2. The van der Waals surface area contributed by atoms with E-state index in [0.717, 1.165) is 12.2 Å². The number of hydrogen-bond donors (Lipinski definition) is 1. The molecule has 1 rings (SSSR count). The Hall–Kier alpha value is -1.35. The van der Waals surface area contributed by atoms with Gasteiger partial charge < -0.3 is 10.6 Å². The molecule has 1 aromatic rings. The van der Waals surface area contributed by atoms with Crippen molar-refractivity contribution in [3.8, 4) is 0 Å². The van der Waals surface area contributed by atoms with Crippen LogP contribution in [0.25, 0.3) is 0 Å². The molecule has 0 aliphatic rings. The van der Waals surface area contributed by atoms with Crippen molar-refractivity contribution in [3.63, 3.8) is 0 Å². The van der Waals surface area contributed by atoms with Gasteiger partial charge in [-0.2, -0.15) is 0 Å².